The number of benzene rings is 2. The van der Waals surface area contributed by atoms with Crippen molar-refractivity contribution in [3.05, 3.63) is 65.0 Å². The maximum atomic E-state index is 13.0. The molecule has 3 aromatic rings. The molecule has 0 aliphatic carbocycles. The second-order valence-corrected chi connectivity index (χ2v) is 6.58. The van der Waals surface area contributed by atoms with Crippen LogP contribution in [0.15, 0.2) is 42.5 Å². The fourth-order valence-electron chi connectivity index (χ4n) is 3.13. The Morgan fingerprint density at radius 3 is 2.71 bits per heavy atom. The molecule has 4 rings (SSSR count). The summed E-state index contributed by atoms with van der Waals surface area (Å²) in [4.78, 5) is 26.0. The van der Waals surface area contributed by atoms with Crippen LogP contribution >= 0.6 is 0 Å². The third-order valence-corrected chi connectivity index (χ3v) is 4.90. The normalized spacial score (nSPS) is 12.1. The van der Waals surface area contributed by atoms with Crippen LogP contribution in [-0.2, 0) is 0 Å². The summed E-state index contributed by atoms with van der Waals surface area (Å²) in [6.07, 6.45) is 0.780. The third-order valence-electron chi connectivity index (χ3n) is 4.90. The molecule has 1 aliphatic heterocycles. The number of nitrogens with zero attached hydrogens (tertiary/aromatic N) is 3. The lowest BCUT2D eigenvalue weighted by Crippen LogP contribution is -2.26. The maximum absolute atomic E-state index is 13.0. The van der Waals surface area contributed by atoms with E-state index in [-0.39, 0.29) is 12.7 Å². The fourth-order valence-corrected chi connectivity index (χ4v) is 3.13. The van der Waals surface area contributed by atoms with Crippen molar-refractivity contribution in [1.82, 2.24) is 9.78 Å². The molecule has 0 unspecified atom stereocenters. The van der Waals surface area contributed by atoms with Crippen molar-refractivity contribution >= 4 is 17.9 Å². The summed E-state index contributed by atoms with van der Waals surface area (Å²) < 4.78 is 12.3. The van der Waals surface area contributed by atoms with Crippen molar-refractivity contribution in [3.8, 4) is 17.2 Å². The summed E-state index contributed by atoms with van der Waals surface area (Å²) in [7, 11) is 1.70. The number of aryl methyl sites for hydroxylation is 1. The lowest BCUT2D eigenvalue weighted by molar-refractivity contribution is 0.0992. The van der Waals surface area contributed by atoms with Crippen molar-refractivity contribution < 1.29 is 19.1 Å². The largest absolute Gasteiger partial charge is 0.454 e. The molecule has 2 heterocycles. The highest BCUT2D eigenvalue weighted by atomic mass is 16.7. The number of carbonyl (C=O) groups excluding carboxylic acids is 2. The fraction of sp³-hybridized carbons (Fsp3) is 0.190. The number of aromatic nitrogens is 2. The Balaban J connectivity index is 1.67. The molecule has 1 amide bonds. The van der Waals surface area contributed by atoms with Crippen LogP contribution in [0.5, 0.6) is 11.5 Å². The van der Waals surface area contributed by atoms with Gasteiger partial charge in [-0.2, -0.15) is 5.10 Å². The van der Waals surface area contributed by atoms with Gasteiger partial charge in [0, 0.05) is 29.9 Å². The van der Waals surface area contributed by atoms with Crippen LogP contribution < -0.4 is 14.4 Å². The second kappa shape index (κ2) is 6.84. The second-order valence-electron chi connectivity index (χ2n) is 6.58. The van der Waals surface area contributed by atoms with Gasteiger partial charge in [0.2, 0.25) is 6.79 Å². The van der Waals surface area contributed by atoms with Crippen molar-refractivity contribution in [2.45, 2.75) is 13.8 Å². The summed E-state index contributed by atoms with van der Waals surface area (Å²) in [5.41, 5.74) is 3.91. The standard InChI is InChI=1S/C21H19N3O4/c1-13-14(2)22-24(18(13)11-25)17-6-4-5-15(9-17)21(26)23(3)16-7-8-19-20(10-16)28-12-27-19/h4-11H,12H2,1-3H3. The van der Waals surface area contributed by atoms with E-state index in [1.54, 1.807) is 53.0 Å². The Hall–Kier alpha value is -3.61. The Labute approximate surface area is 162 Å². The number of ether oxygens (including phenoxy) is 2. The quantitative estimate of drug-likeness (QED) is 0.652. The van der Waals surface area contributed by atoms with Gasteiger partial charge in [-0.25, -0.2) is 4.68 Å². The van der Waals surface area contributed by atoms with Crippen molar-refractivity contribution in [2.24, 2.45) is 0 Å². The topological polar surface area (TPSA) is 73.7 Å². The molecule has 0 saturated heterocycles. The van der Waals surface area contributed by atoms with Gasteiger partial charge in [-0.15, -0.1) is 0 Å². The third kappa shape index (κ3) is 2.90. The van der Waals surface area contributed by atoms with Crippen LogP contribution in [0, 0.1) is 13.8 Å². The molecule has 0 radical (unpaired) electrons. The Bertz CT molecular complexity index is 1090. The van der Waals surface area contributed by atoms with Crippen molar-refractivity contribution in [1.29, 1.82) is 0 Å². The highest BCUT2D eigenvalue weighted by Gasteiger charge is 2.20. The van der Waals surface area contributed by atoms with Crippen LogP contribution in [0.1, 0.15) is 32.1 Å². The van der Waals surface area contributed by atoms with Crippen LogP contribution in [0.3, 0.4) is 0 Å². The SMILES string of the molecule is Cc1nn(-c2cccc(C(=O)N(C)c3ccc4c(c3)OCO4)c2)c(C=O)c1C. The van der Waals surface area contributed by atoms with E-state index in [0.29, 0.717) is 34.1 Å². The predicted octanol–water partition coefficient (Wildman–Crippen LogP) is 3.31. The van der Waals surface area contributed by atoms with Gasteiger partial charge in [0.25, 0.3) is 5.91 Å². The van der Waals surface area contributed by atoms with Gasteiger partial charge in [-0.1, -0.05) is 6.07 Å². The minimum Gasteiger partial charge on any atom is -0.454 e. The molecule has 142 valence electrons. The van der Waals surface area contributed by atoms with Gasteiger partial charge in [0.1, 0.15) is 5.69 Å². The number of rotatable bonds is 4. The summed E-state index contributed by atoms with van der Waals surface area (Å²) >= 11 is 0. The molecule has 0 fully saturated rings. The maximum Gasteiger partial charge on any atom is 0.258 e. The zero-order valence-corrected chi connectivity index (χ0v) is 15.8. The molecule has 1 aliphatic rings. The molecule has 0 saturated carbocycles. The molecule has 2 aromatic carbocycles. The van der Waals surface area contributed by atoms with E-state index in [1.807, 2.05) is 19.9 Å². The van der Waals surface area contributed by atoms with E-state index in [9.17, 15) is 9.59 Å². The minimum atomic E-state index is -0.186. The monoisotopic (exact) mass is 377 g/mol. The van der Waals surface area contributed by atoms with Gasteiger partial charge in [-0.05, 0) is 44.2 Å². The highest BCUT2D eigenvalue weighted by molar-refractivity contribution is 6.06. The minimum absolute atomic E-state index is 0.181. The number of fused-ring (bicyclic) bond motifs is 1. The Morgan fingerprint density at radius 2 is 1.93 bits per heavy atom. The van der Waals surface area contributed by atoms with E-state index >= 15 is 0 Å². The van der Waals surface area contributed by atoms with Crippen LogP contribution in [0.4, 0.5) is 5.69 Å². The molecule has 0 bridgehead atoms. The molecular formula is C21H19N3O4. The van der Waals surface area contributed by atoms with Crippen LogP contribution in [-0.4, -0.2) is 35.8 Å². The zero-order valence-electron chi connectivity index (χ0n) is 15.8. The van der Waals surface area contributed by atoms with E-state index in [0.717, 1.165) is 17.5 Å². The molecular weight excluding hydrogens is 358 g/mol. The molecule has 0 atom stereocenters. The average molecular weight is 377 g/mol. The van der Waals surface area contributed by atoms with Crippen molar-refractivity contribution in [3.63, 3.8) is 0 Å². The van der Waals surface area contributed by atoms with Crippen molar-refractivity contribution in [2.75, 3.05) is 18.7 Å². The van der Waals surface area contributed by atoms with Gasteiger partial charge < -0.3 is 14.4 Å². The van der Waals surface area contributed by atoms with E-state index in [4.69, 9.17) is 9.47 Å². The number of amides is 1. The predicted molar refractivity (Wildman–Crippen MR) is 104 cm³/mol. The van der Waals surface area contributed by atoms with E-state index < -0.39 is 0 Å². The molecule has 7 nitrogen and oxygen atoms in total. The van der Waals surface area contributed by atoms with E-state index in [2.05, 4.69) is 5.10 Å². The summed E-state index contributed by atoms with van der Waals surface area (Å²) in [5, 5.41) is 4.42. The van der Waals surface area contributed by atoms with Gasteiger partial charge >= 0.3 is 0 Å². The first-order valence-corrected chi connectivity index (χ1v) is 8.79. The Morgan fingerprint density at radius 1 is 1.14 bits per heavy atom. The summed E-state index contributed by atoms with van der Waals surface area (Å²) in [5.74, 6) is 1.09. The first kappa shape index (κ1) is 17.8. The van der Waals surface area contributed by atoms with Gasteiger partial charge in [-0.3, -0.25) is 9.59 Å². The first-order chi connectivity index (χ1) is 13.5. The number of aldehydes is 1. The summed E-state index contributed by atoms with van der Waals surface area (Å²) in [6.45, 7) is 3.88. The summed E-state index contributed by atoms with van der Waals surface area (Å²) in [6, 6.07) is 12.4. The number of carbonyl (C=O) groups is 2. The lowest BCUT2D eigenvalue weighted by Gasteiger charge is -2.18. The van der Waals surface area contributed by atoms with Crippen LogP contribution in [0.25, 0.3) is 5.69 Å². The molecule has 28 heavy (non-hydrogen) atoms. The zero-order chi connectivity index (χ0) is 19.8. The van der Waals surface area contributed by atoms with E-state index in [1.165, 1.54) is 0 Å². The number of hydrogen-bond donors (Lipinski definition) is 0. The molecule has 0 N–H and O–H groups in total. The lowest BCUT2D eigenvalue weighted by atomic mass is 10.1. The molecule has 1 aromatic heterocycles. The Kier molecular flexibility index (Phi) is 4.35. The van der Waals surface area contributed by atoms with Crippen LogP contribution in [0.2, 0.25) is 0 Å². The molecule has 7 heteroatoms. The molecule has 0 spiro atoms. The number of anilines is 1. The average Bonchev–Trinajstić information content (AvgIpc) is 3.30. The van der Waals surface area contributed by atoms with Gasteiger partial charge in [0.15, 0.2) is 17.8 Å². The smallest absolute Gasteiger partial charge is 0.258 e. The van der Waals surface area contributed by atoms with Gasteiger partial charge in [0.05, 0.1) is 11.4 Å². The highest BCUT2D eigenvalue weighted by Crippen LogP contribution is 2.35. The first-order valence-electron chi connectivity index (χ1n) is 8.79. The number of hydrogen-bond acceptors (Lipinski definition) is 5.